The van der Waals surface area contributed by atoms with E-state index in [1.807, 2.05) is 30.3 Å². The summed E-state index contributed by atoms with van der Waals surface area (Å²) in [5.74, 6) is 0.772. The fourth-order valence-electron chi connectivity index (χ4n) is 2.90. The summed E-state index contributed by atoms with van der Waals surface area (Å²) in [6, 6.07) is 20.3. The van der Waals surface area contributed by atoms with Crippen LogP contribution in [0.25, 0.3) is 0 Å². The molecule has 0 saturated carbocycles. The van der Waals surface area contributed by atoms with Gasteiger partial charge in [-0.05, 0) is 48.1 Å². The normalized spacial score (nSPS) is 11.0. The van der Waals surface area contributed by atoms with Crippen LogP contribution in [0.1, 0.15) is 5.56 Å². The van der Waals surface area contributed by atoms with Crippen LogP contribution in [0.15, 0.2) is 77.7 Å². The second-order valence-corrected chi connectivity index (χ2v) is 9.61. The van der Waals surface area contributed by atoms with Crippen LogP contribution in [-0.2, 0) is 21.2 Å². The van der Waals surface area contributed by atoms with Gasteiger partial charge in [-0.2, -0.15) is 11.8 Å². The van der Waals surface area contributed by atoms with Crippen molar-refractivity contribution in [3.05, 3.63) is 78.4 Å². The zero-order chi connectivity index (χ0) is 23.0. The highest BCUT2D eigenvalue weighted by Crippen LogP contribution is 2.30. The van der Waals surface area contributed by atoms with Gasteiger partial charge in [0.2, 0.25) is 5.91 Å². The predicted molar refractivity (Wildman–Crippen MR) is 128 cm³/mol. The van der Waals surface area contributed by atoms with Gasteiger partial charge in [-0.25, -0.2) is 8.42 Å². The molecule has 0 radical (unpaired) electrons. The van der Waals surface area contributed by atoms with E-state index in [0.29, 0.717) is 5.75 Å². The predicted octanol–water partition coefficient (Wildman–Crippen LogP) is 4.12. The minimum atomic E-state index is -3.97. The second kappa shape index (κ2) is 10.9. The number of ether oxygens (including phenoxy) is 1. The molecule has 7 nitrogen and oxygen atoms in total. The molecule has 0 unspecified atom stereocenters. The highest BCUT2D eigenvalue weighted by atomic mass is 32.2. The number of amides is 1. The maximum absolute atomic E-state index is 12.8. The van der Waals surface area contributed by atoms with Crippen molar-refractivity contribution in [3.8, 4) is 11.5 Å². The number of para-hydroxylation sites is 2. The third-order valence-electron chi connectivity index (χ3n) is 4.51. The van der Waals surface area contributed by atoms with Gasteiger partial charge < -0.3 is 15.2 Å². The van der Waals surface area contributed by atoms with Crippen LogP contribution in [-0.4, -0.2) is 38.0 Å². The van der Waals surface area contributed by atoms with Gasteiger partial charge in [0.25, 0.3) is 10.0 Å². The van der Waals surface area contributed by atoms with E-state index in [9.17, 15) is 18.3 Å². The summed E-state index contributed by atoms with van der Waals surface area (Å²) in [6.45, 7) is 0. The number of carbonyl (C=O) groups is 1. The largest absolute Gasteiger partial charge is 0.506 e. The van der Waals surface area contributed by atoms with E-state index < -0.39 is 10.0 Å². The lowest BCUT2D eigenvalue weighted by Crippen LogP contribution is -2.17. The molecule has 32 heavy (non-hydrogen) atoms. The van der Waals surface area contributed by atoms with Gasteiger partial charge >= 0.3 is 0 Å². The molecule has 0 aliphatic heterocycles. The maximum Gasteiger partial charge on any atom is 0.262 e. The first-order valence-corrected chi connectivity index (χ1v) is 12.4. The summed E-state index contributed by atoms with van der Waals surface area (Å²) in [5.41, 5.74) is 1.50. The highest BCUT2D eigenvalue weighted by molar-refractivity contribution is 7.99. The van der Waals surface area contributed by atoms with E-state index in [1.165, 1.54) is 42.6 Å². The number of thioether (sulfide) groups is 1. The first-order valence-electron chi connectivity index (χ1n) is 9.79. The molecule has 0 aromatic heterocycles. The number of aryl methyl sites for hydroxylation is 1. The van der Waals surface area contributed by atoms with Gasteiger partial charge in [0.1, 0.15) is 11.5 Å². The van der Waals surface area contributed by atoms with Crippen molar-refractivity contribution < 1.29 is 23.1 Å². The van der Waals surface area contributed by atoms with E-state index in [2.05, 4.69) is 10.0 Å². The number of benzene rings is 3. The number of aromatic hydroxyl groups is 1. The van der Waals surface area contributed by atoms with Crippen molar-refractivity contribution in [2.75, 3.05) is 28.7 Å². The van der Waals surface area contributed by atoms with Gasteiger partial charge in [-0.3, -0.25) is 9.52 Å². The SMILES string of the molecule is COc1ccccc1NS(=O)(=O)c1ccc(O)c(NC(=O)CSCCc2ccccc2)c1. The quantitative estimate of drug-likeness (QED) is 0.303. The van der Waals surface area contributed by atoms with Crippen LogP contribution in [0.3, 0.4) is 0 Å². The Morgan fingerprint density at radius 2 is 1.72 bits per heavy atom. The molecule has 0 atom stereocenters. The van der Waals surface area contributed by atoms with Crippen molar-refractivity contribution in [2.24, 2.45) is 0 Å². The van der Waals surface area contributed by atoms with Crippen molar-refractivity contribution in [1.82, 2.24) is 0 Å². The first-order chi connectivity index (χ1) is 15.4. The number of hydrogen-bond donors (Lipinski definition) is 3. The lowest BCUT2D eigenvalue weighted by atomic mass is 10.2. The Kier molecular flexibility index (Phi) is 8.02. The zero-order valence-corrected chi connectivity index (χ0v) is 19.1. The number of carbonyl (C=O) groups excluding carboxylic acids is 1. The average molecular weight is 473 g/mol. The number of nitrogens with one attached hydrogen (secondary N) is 2. The lowest BCUT2D eigenvalue weighted by Gasteiger charge is -2.13. The van der Waals surface area contributed by atoms with E-state index in [1.54, 1.807) is 24.3 Å². The molecule has 0 spiro atoms. The smallest absolute Gasteiger partial charge is 0.262 e. The Morgan fingerprint density at radius 3 is 2.47 bits per heavy atom. The van der Waals surface area contributed by atoms with Crippen LogP contribution < -0.4 is 14.8 Å². The number of sulfonamides is 1. The average Bonchev–Trinajstić information content (AvgIpc) is 2.79. The summed E-state index contributed by atoms with van der Waals surface area (Å²) >= 11 is 1.46. The minimum absolute atomic E-state index is 0.0292. The first kappa shape index (κ1) is 23.5. The molecule has 0 bridgehead atoms. The number of methoxy groups -OCH3 is 1. The van der Waals surface area contributed by atoms with Gasteiger partial charge in [0.05, 0.1) is 29.1 Å². The third kappa shape index (κ3) is 6.41. The molecule has 0 fully saturated rings. The summed E-state index contributed by atoms with van der Waals surface area (Å²) in [6.07, 6.45) is 0.840. The van der Waals surface area contributed by atoms with E-state index in [4.69, 9.17) is 4.74 Å². The van der Waals surface area contributed by atoms with Crippen LogP contribution in [0.5, 0.6) is 11.5 Å². The van der Waals surface area contributed by atoms with Crippen LogP contribution in [0.2, 0.25) is 0 Å². The topological polar surface area (TPSA) is 105 Å². The molecule has 0 aliphatic rings. The molecule has 0 heterocycles. The zero-order valence-electron chi connectivity index (χ0n) is 17.4. The molecular formula is C23H24N2O5S2. The molecule has 3 aromatic carbocycles. The Morgan fingerprint density at radius 1 is 1.00 bits per heavy atom. The van der Waals surface area contributed by atoms with Crippen molar-refractivity contribution in [3.63, 3.8) is 0 Å². The van der Waals surface area contributed by atoms with E-state index in [-0.39, 0.29) is 33.7 Å². The second-order valence-electron chi connectivity index (χ2n) is 6.82. The number of anilines is 2. The van der Waals surface area contributed by atoms with Gasteiger partial charge in [0.15, 0.2) is 0 Å². The Labute approximate surface area is 191 Å². The fraction of sp³-hybridized carbons (Fsp3) is 0.174. The van der Waals surface area contributed by atoms with Crippen molar-refractivity contribution in [1.29, 1.82) is 0 Å². The minimum Gasteiger partial charge on any atom is -0.506 e. The number of phenolic OH excluding ortho intramolecular Hbond substituents is 1. The van der Waals surface area contributed by atoms with Crippen LogP contribution in [0, 0.1) is 0 Å². The highest BCUT2D eigenvalue weighted by Gasteiger charge is 2.19. The maximum atomic E-state index is 12.8. The molecule has 3 N–H and O–H groups in total. The van der Waals surface area contributed by atoms with Gasteiger partial charge in [-0.1, -0.05) is 42.5 Å². The molecule has 0 saturated heterocycles. The Balaban J connectivity index is 1.62. The fourth-order valence-corrected chi connectivity index (χ4v) is 4.78. The molecule has 9 heteroatoms. The molecular weight excluding hydrogens is 448 g/mol. The Bertz CT molecular complexity index is 1170. The van der Waals surface area contributed by atoms with E-state index in [0.717, 1.165) is 12.2 Å². The van der Waals surface area contributed by atoms with Gasteiger partial charge in [-0.15, -0.1) is 0 Å². The summed E-state index contributed by atoms with van der Waals surface area (Å²) in [5, 5.41) is 12.7. The Hall–Kier alpha value is -3.17. The third-order valence-corrected chi connectivity index (χ3v) is 6.84. The van der Waals surface area contributed by atoms with Crippen molar-refractivity contribution in [2.45, 2.75) is 11.3 Å². The molecule has 1 amide bonds. The summed E-state index contributed by atoms with van der Waals surface area (Å²) in [4.78, 5) is 12.2. The van der Waals surface area contributed by atoms with Crippen LogP contribution >= 0.6 is 11.8 Å². The number of rotatable bonds is 10. The molecule has 3 rings (SSSR count). The standard InChI is InChI=1S/C23H24N2O5S2/c1-30-22-10-6-5-9-19(22)25-32(28,29)18-11-12-21(26)20(15-18)24-23(27)16-31-14-13-17-7-3-2-4-8-17/h2-12,15,25-26H,13-14,16H2,1H3,(H,24,27). The molecule has 0 aliphatic carbocycles. The van der Waals surface area contributed by atoms with Gasteiger partial charge in [0, 0.05) is 0 Å². The van der Waals surface area contributed by atoms with E-state index >= 15 is 0 Å². The monoisotopic (exact) mass is 472 g/mol. The van der Waals surface area contributed by atoms with Crippen molar-refractivity contribution >= 4 is 39.1 Å². The number of phenols is 1. The van der Waals surface area contributed by atoms with Crippen LogP contribution in [0.4, 0.5) is 11.4 Å². The molecule has 3 aromatic rings. The number of hydrogen-bond acceptors (Lipinski definition) is 6. The summed E-state index contributed by atoms with van der Waals surface area (Å²) in [7, 11) is -2.53. The summed E-state index contributed by atoms with van der Waals surface area (Å²) < 4.78 is 33.2. The molecule has 168 valence electrons. The lowest BCUT2D eigenvalue weighted by molar-refractivity contribution is -0.113.